The van der Waals surface area contributed by atoms with Gasteiger partial charge in [0.15, 0.2) is 0 Å². The molecular formula is C17H26N2O2. The second kappa shape index (κ2) is 6.48. The number of hydroxylamine groups is 2. The lowest BCUT2D eigenvalue weighted by atomic mass is 9.98. The Morgan fingerprint density at radius 3 is 2.48 bits per heavy atom. The van der Waals surface area contributed by atoms with Crippen molar-refractivity contribution < 1.29 is 9.63 Å². The van der Waals surface area contributed by atoms with Crippen LogP contribution in [0.5, 0.6) is 0 Å². The lowest BCUT2D eigenvalue weighted by Crippen LogP contribution is -2.31. The van der Waals surface area contributed by atoms with Crippen LogP contribution in [0.1, 0.15) is 39.2 Å². The molecule has 0 saturated carbocycles. The standard InChI is InChI=1S/C17H26N2O2/c1-17(2,3)16(20)21-18(4)13-14-9-5-6-10-15(14)19-11-7-8-12-19/h5-6,9-10H,7-8,11-13H2,1-4H3. The number of rotatable bonds is 4. The molecule has 1 fully saturated rings. The Balaban J connectivity index is 2.04. The van der Waals surface area contributed by atoms with Crippen LogP contribution in [0.15, 0.2) is 24.3 Å². The first-order valence-electron chi connectivity index (χ1n) is 7.64. The molecule has 0 unspecified atom stereocenters. The van der Waals surface area contributed by atoms with E-state index in [-0.39, 0.29) is 5.97 Å². The topological polar surface area (TPSA) is 32.8 Å². The van der Waals surface area contributed by atoms with Crippen LogP contribution < -0.4 is 4.90 Å². The molecule has 0 aliphatic carbocycles. The minimum absolute atomic E-state index is 0.205. The Bertz CT molecular complexity index is 488. The van der Waals surface area contributed by atoms with Gasteiger partial charge in [0.1, 0.15) is 0 Å². The van der Waals surface area contributed by atoms with E-state index in [1.54, 1.807) is 5.06 Å². The van der Waals surface area contributed by atoms with Gasteiger partial charge in [-0.05, 0) is 45.2 Å². The largest absolute Gasteiger partial charge is 0.371 e. The first-order chi connectivity index (χ1) is 9.88. The minimum atomic E-state index is -0.483. The molecular weight excluding hydrogens is 264 g/mol. The van der Waals surface area contributed by atoms with Crippen molar-refractivity contribution in [2.75, 3.05) is 25.0 Å². The zero-order chi connectivity index (χ0) is 15.5. The van der Waals surface area contributed by atoms with Gasteiger partial charge in [-0.3, -0.25) is 0 Å². The van der Waals surface area contributed by atoms with Crippen LogP contribution in [0.2, 0.25) is 0 Å². The average molecular weight is 290 g/mol. The van der Waals surface area contributed by atoms with Crippen LogP contribution in [-0.2, 0) is 16.2 Å². The van der Waals surface area contributed by atoms with Crippen molar-refractivity contribution in [2.24, 2.45) is 5.41 Å². The SMILES string of the molecule is CN(Cc1ccccc1N1CCCC1)OC(=O)C(C)(C)C. The van der Waals surface area contributed by atoms with Crippen molar-refractivity contribution in [2.45, 2.75) is 40.2 Å². The van der Waals surface area contributed by atoms with Crippen molar-refractivity contribution in [1.29, 1.82) is 0 Å². The maximum absolute atomic E-state index is 11.9. The fraction of sp³-hybridized carbons (Fsp3) is 0.588. The number of nitrogens with zero attached hydrogens (tertiary/aromatic N) is 2. The molecule has 0 N–H and O–H groups in total. The Morgan fingerprint density at radius 1 is 1.24 bits per heavy atom. The van der Waals surface area contributed by atoms with Crippen LogP contribution in [0.25, 0.3) is 0 Å². The summed E-state index contributed by atoms with van der Waals surface area (Å²) in [7, 11) is 1.81. The molecule has 4 heteroatoms. The van der Waals surface area contributed by atoms with Gasteiger partial charge in [-0.1, -0.05) is 18.2 Å². The molecule has 0 aromatic heterocycles. The quantitative estimate of drug-likeness (QED) is 0.797. The van der Waals surface area contributed by atoms with Gasteiger partial charge < -0.3 is 9.74 Å². The molecule has 0 amide bonds. The van der Waals surface area contributed by atoms with Gasteiger partial charge >= 0.3 is 5.97 Å². The molecule has 1 aliphatic rings. The van der Waals surface area contributed by atoms with Gasteiger partial charge in [0.05, 0.1) is 12.0 Å². The van der Waals surface area contributed by atoms with Crippen LogP contribution in [0, 0.1) is 5.41 Å². The van der Waals surface area contributed by atoms with Crippen LogP contribution in [0.4, 0.5) is 5.69 Å². The summed E-state index contributed by atoms with van der Waals surface area (Å²) < 4.78 is 0. The number of hydrogen-bond acceptors (Lipinski definition) is 4. The second-order valence-corrected chi connectivity index (χ2v) is 6.74. The second-order valence-electron chi connectivity index (χ2n) is 6.74. The Kier molecular flexibility index (Phi) is 4.88. The van der Waals surface area contributed by atoms with Gasteiger partial charge in [-0.15, -0.1) is 5.06 Å². The molecule has 1 heterocycles. The first kappa shape index (κ1) is 15.8. The highest BCUT2D eigenvalue weighted by Gasteiger charge is 2.25. The minimum Gasteiger partial charge on any atom is -0.371 e. The van der Waals surface area contributed by atoms with Gasteiger partial charge in [0.25, 0.3) is 0 Å². The van der Waals surface area contributed by atoms with E-state index in [9.17, 15) is 4.79 Å². The van der Waals surface area contributed by atoms with E-state index >= 15 is 0 Å². The first-order valence-corrected chi connectivity index (χ1v) is 7.64. The molecule has 0 atom stereocenters. The summed E-state index contributed by atoms with van der Waals surface area (Å²) in [5.41, 5.74) is 1.97. The third-order valence-corrected chi connectivity index (χ3v) is 3.68. The molecule has 1 aromatic rings. The monoisotopic (exact) mass is 290 g/mol. The average Bonchev–Trinajstić information content (AvgIpc) is 2.91. The Morgan fingerprint density at radius 2 is 1.86 bits per heavy atom. The zero-order valence-corrected chi connectivity index (χ0v) is 13.6. The summed E-state index contributed by atoms with van der Waals surface area (Å²) in [6.07, 6.45) is 2.51. The predicted octanol–water partition coefficient (Wildman–Crippen LogP) is 3.22. The van der Waals surface area contributed by atoms with E-state index in [1.165, 1.54) is 24.1 Å². The summed E-state index contributed by atoms with van der Waals surface area (Å²) >= 11 is 0. The summed E-state index contributed by atoms with van der Waals surface area (Å²) in [5.74, 6) is -0.205. The number of anilines is 1. The third kappa shape index (κ3) is 4.21. The maximum atomic E-state index is 11.9. The van der Waals surface area contributed by atoms with E-state index in [4.69, 9.17) is 4.84 Å². The Hall–Kier alpha value is -1.55. The van der Waals surface area contributed by atoms with Crippen LogP contribution in [0.3, 0.4) is 0 Å². The van der Waals surface area contributed by atoms with Gasteiger partial charge in [0.2, 0.25) is 0 Å². The Labute approximate surface area is 127 Å². The number of para-hydroxylation sites is 1. The summed E-state index contributed by atoms with van der Waals surface area (Å²) in [6, 6.07) is 8.36. The summed E-state index contributed by atoms with van der Waals surface area (Å²) in [5, 5.41) is 1.63. The van der Waals surface area contributed by atoms with Gasteiger partial charge in [0, 0.05) is 25.8 Å². The predicted molar refractivity (Wildman–Crippen MR) is 84.9 cm³/mol. The molecule has 1 saturated heterocycles. The number of benzene rings is 1. The number of hydrogen-bond donors (Lipinski definition) is 0. The van der Waals surface area contributed by atoms with Crippen molar-refractivity contribution >= 4 is 11.7 Å². The molecule has 0 radical (unpaired) electrons. The molecule has 1 aliphatic heterocycles. The molecule has 116 valence electrons. The molecule has 0 bridgehead atoms. The fourth-order valence-electron chi connectivity index (χ4n) is 2.46. The highest BCUT2D eigenvalue weighted by Crippen LogP contribution is 2.26. The molecule has 21 heavy (non-hydrogen) atoms. The zero-order valence-electron chi connectivity index (χ0n) is 13.6. The highest BCUT2D eigenvalue weighted by molar-refractivity contribution is 5.75. The van der Waals surface area contributed by atoms with Gasteiger partial charge in [-0.25, -0.2) is 4.79 Å². The number of carbonyl (C=O) groups excluding carboxylic acids is 1. The molecule has 0 spiro atoms. The molecule has 4 nitrogen and oxygen atoms in total. The van der Waals surface area contributed by atoms with Crippen molar-refractivity contribution in [3.8, 4) is 0 Å². The fourth-order valence-corrected chi connectivity index (χ4v) is 2.46. The van der Waals surface area contributed by atoms with Crippen LogP contribution in [-0.4, -0.2) is 31.2 Å². The maximum Gasteiger partial charge on any atom is 0.330 e. The van der Waals surface area contributed by atoms with E-state index in [1.807, 2.05) is 33.9 Å². The van der Waals surface area contributed by atoms with E-state index in [2.05, 4.69) is 23.1 Å². The highest BCUT2D eigenvalue weighted by atomic mass is 16.7. The third-order valence-electron chi connectivity index (χ3n) is 3.68. The molecule has 2 rings (SSSR count). The smallest absolute Gasteiger partial charge is 0.330 e. The van der Waals surface area contributed by atoms with Crippen molar-refractivity contribution in [1.82, 2.24) is 5.06 Å². The lowest BCUT2D eigenvalue weighted by molar-refractivity contribution is -0.196. The van der Waals surface area contributed by atoms with Crippen LogP contribution >= 0.6 is 0 Å². The van der Waals surface area contributed by atoms with E-state index in [0.29, 0.717) is 6.54 Å². The number of carbonyl (C=O) groups is 1. The van der Waals surface area contributed by atoms with Crippen molar-refractivity contribution in [3.05, 3.63) is 29.8 Å². The summed E-state index contributed by atoms with van der Waals surface area (Å²) in [4.78, 5) is 19.8. The van der Waals surface area contributed by atoms with E-state index < -0.39 is 5.41 Å². The normalized spacial score (nSPS) is 15.6. The summed E-state index contributed by atoms with van der Waals surface area (Å²) in [6.45, 7) is 8.42. The lowest BCUT2D eigenvalue weighted by Gasteiger charge is -2.25. The van der Waals surface area contributed by atoms with Crippen molar-refractivity contribution in [3.63, 3.8) is 0 Å². The van der Waals surface area contributed by atoms with Gasteiger partial charge in [-0.2, -0.15) is 0 Å². The van der Waals surface area contributed by atoms with E-state index in [0.717, 1.165) is 13.1 Å². The molecule has 1 aromatic carbocycles.